The van der Waals surface area contributed by atoms with Gasteiger partial charge in [-0.2, -0.15) is 0 Å². The molecule has 0 saturated carbocycles. The number of nitrogens with one attached hydrogen (secondary N) is 1. The van der Waals surface area contributed by atoms with Gasteiger partial charge in [0.05, 0.1) is 15.6 Å². The summed E-state index contributed by atoms with van der Waals surface area (Å²) in [6.07, 6.45) is 0.602. The molecule has 8 nitrogen and oxygen atoms in total. The number of carbonyl (C=O) groups is 3. The van der Waals surface area contributed by atoms with Crippen LogP contribution in [0.1, 0.15) is 48.2 Å². The smallest absolute Gasteiger partial charge is 0.269 e. The average Bonchev–Trinajstić information content (AvgIpc) is 3.15. The molecule has 1 heterocycles. The second-order valence-corrected chi connectivity index (χ2v) is 12.6. The Morgan fingerprint density at radius 1 is 0.951 bits per heavy atom. The molecule has 0 radical (unpaired) electrons. The number of rotatable bonds is 11. The van der Waals surface area contributed by atoms with Crippen molar-refractivity contribution < 1.29 is 22.8 Å². The maximum atomic E-state index is 13.9. The van der Waals surface area contributed by atoms with E-state index in [4.69, 9.17) is 23.2 Å². The summed E-state index contributed by atoms with van der Waals surface area (Å²) >= 11 is 12.4. The van der Waals surface area contributed by atoms with Crippen LogP contribution in [-0.4, -0.2) is 54.0 Å². The third-order valence-corrected chi connectivity index (χ3v) is 9.63. The van der Waals surface area contributed by atoms with Crippen molar-refractivity contribution in [3.63, 3.8) is 0 Å². The lowest BCUT2D eigenvalue weighted by Gasteiger charge is -2.33. The number of nitrogens with zero attached hydrogens (tertiary/aromatic N) is 2. The van der Waals surface area contributed by atoms with Crippen LogP contribution in [0.2, 0.25) is 10.0 Å². The lowest BCUT2D eigenvalue weighted by Crippen LogP contribution is -2.52. The molecular formula is C30H31Cl2N3O5S. The van der Waals surface area contributed by atoms with Crippen molar-refractivity contribution >= 4 is 50.9 Å². The lowest BCUT2D eigenvalue weighted by atomic mass is 10.0. The number of hydrogen-bond donors (Lipinski definition) is 1. The van der Waals surface area contributed by atoms with Crippen LogP contribution in [0.3, 0.4) is 0 Å². The van der Waals surface area contributed by atoms with Gasteiger partial charge in [-0.15, -0.1) is 0 Å². The van der Waals surface area contributed by atoms with E-state index in [1.54, 1.807) is 30.3 Å². The molecule has 0 fully saturated rings. The molecule has 3 amide bonds. The van der Waals surface area contributed by atoms with Gasteiger partial charge >= 0.3 is 0 Å². The zero-order chi connectivity index (χ0) is 29.7. The van der Waals surface area contributed by atoms with Gasteiger partial charge in [-0.1, -0.05) is 78.7 Å². The van der Waals surface area contributed by atoms with Gasteiger partial charge in [-0.05, 0) is 48.7 Å². The predicted molar refractivity (Wildman–Crippen MR) is 158 cm³/mol. The molecule has 1 N–H and O–H groups in total. The van der Waals surface area contributed by atoms with Gasteiger partial charge in [0.1, 0.15) is 10.9 Å². The Balaban J connectivity index is 1.66. The summed E-state index contributed by atoms with van der Waals surface area (Å²) in [4.78, 5) is 41.8. The summed E-state index contributed by atoms with van der Waals surface area (Å²) in [6.45, 7) is 3.48. The Labute approximate surface area is 250 Å². The number of halogens is 2. The zero-order valence-electron chi connectivity index (χ0n) is 22.7. The van der Waals surface area contributed by atoms with Gasteiger partial charge < -0.3 is 10.2 Å². The van der Waals surface area contributed by atoms with Crippen LogP contribution in [0.5, 0.6) is 0 Å². The molecule has 11 heteroatoms. The van der Waals surface area contributed by atoms with Gasteiger partial charge in [0.15, 0.2) is 0 Å². The Morgan fingerprint density at radius 3 is 2.29 bits per heavy atom. The van der Waals surface area contributed by atoms with Crippen molar-refractivity contribution in [2.24, 2.45) is 0 Å². The second kappa shape index (κ2) is 13.1. The molecule has 1 aliphatic rings. The van der Waals surface area contributed by atoms with Crippen LogP contribution in [-0.2, 0) is 32.6 Å². The van der Waals surface area contributed by atoms with E-state index in [1.807, 2.05) is 44.2 Å². The highest BCUT2D eigenvalue weighted by Gasteiger charge is 2.41. The first-order chi connectivity index (χ1) is 19.5. The minimum atomic E-state index is -4.09. The Hall–Kier alpha value is -3.40. The molecule has 216 valence electrons. The average molecular weight is 617 g/mol. The Morgan fingerprint density at radius 2 is 1.63 bits per heavy atom. The predicted octanol–water partition coefficient (Wildman–Crippen LogP) is 5.08. The van der Waals surface area contributed by atoms with Crippen molar-refractivity contribution in [3.8, 4) is 0 Å². The zero-order valence-corrected chi connectivity index (χ0v) is 25.0. The van der Waals surface area contributed by atoms with E-state index in [0.717, 1.165) is 9.87 Å². The van der Waals surface area contributed by atoms with Gasteiger partial charge in [-0.3, -0.25) is 14.4 Å². The van der Waals surface area contributed by atoms with Crippen LogP contribution < -0.4 is 5.32 Å². The second-order valence-electron chi connectivity index (χ2n) is 9.92. The molecule has 0 spiro atoms. The summed E-state index contributed by atoms with van der Waals surface area (Å²) < 4.78 is 26.8. The molecule has 4 rings (SSSR count). The van der Waals surface area contributed by atoms with Crippen LogP contribution in [0.4, 0.5) is 0 Å². The molecule has 2 atom stereocenters. The SMILES string of the molecule is CC[C@H](C)NC(=O)[C@@H](Cc1ccccc1)N(Cc1ccc(Cl)c(Cl)c1)C(=O)CCN1C(=O)c2ccccc2S1(=O)=O. The third-order valence-electron chi connectivity index (χ3n) is 7.05. The molecular weight excluding hydrogens is 585 g/mol. The van der Waals surface area contributed by atoms with Crippen molar-refractivity contribution in [2.75, 3.05) is 6.54 Å². The van der Waals surface area contributed by atoms with Gasteiger partial charge in [-0.25, -0.2) is 12.7 Å². The fourth-order valence-corrected chi connectivity index (χ4v) is 6.51. The van der Waals surface area contributed by atoms with Crippen LogP contribution in [0, 0.1) is 0 Å². The molecule has 0 bridgehead atoms. The lowest BCUT2D eigenvalue weighted by molar-refractivity contribution is -0.141. The number of carbonyl (C=O) groups excluding carboxylic acids is 3. The minimum absolute atomic E-state index is 0.0159. The number of fused-ring (bicyclic) bond motifs is 1. The highest BCUT2D eigenvalue weighted by Crippen LogP contribution is 2.30. The van der Waals surface area contributed by atoms with E-state index in [-0.39, 0.29) is 48.3 Å². The van der Waals surface area contributed by atoms with E-state index >= 15 is 0 Å². The topological polar surface area (TPSA) is 104 Å². The van der Waals surface area contributed by atoms with Gasteiger partial charge in [0.25, 0.3) is 15.9 Å². The van der Waals surface area contributed by atoms with Crippen molar-refractivity contribution in [3.05, 3.63) is 99.5 Å². The number of sulfonamides is 1. The summed E-state index contributed by atoms with van der Waals surface area (Å²) in [5, 5.41) is 3.63. The quantitative estimate of drug-likeness (QED) is 0.324. The summed E-state index contributed by atoms with van der Waals surface area (Å²) in [6, 6.07) is 19.2. The molecule has 0 saturated heterocycles. The number of amides is 3. The van der Waals surface area contributed by atoms with E-state index in [9.17, 15) is 22.8 Å². The Bertz CT molecular complexity index is 1550. The summed E-state index contributed by atoms with van der Waals surface area (Å²) in [5.74, 6) is -1.51. The molecule has 3 aromatic carbocycles. The summed E-state index contributed by atoms with van der Waals surface area (Å²) in [5.41, 5.74) is 1.55. The third kappa shape index (κ3) is 6.92. The largest absolute Gasteiger partial charge is 0.352 e. The number of hydrogen-bond acceptors (Lipinski definition) is 5. The molecule has 0 aliphatic carbocycles. The Kier molecular flexibility index (Phi) is 9.73. The van der Waals surface area contributed by atoms with Crippen LogP contribution >= 0.6 is 23.2 Å². The highest BCUT2D eigenvalue weighted by molar-refractivity contribution is 7.90. The molecule has 41 heavy (non-hydrogen) atoms. The van der Waals surface area contributed by atoms with E-state index in [1.165, 1.54) is 17.0 Å². The first-order valence-electron chi connectivity index (χ1n) is 13.3. The van der Waals surface area contributed by atoms with Crippen molar-refractivity contribution in [1.29, 1.82) is 0 Å². The van der Waals surface area contributed by atoms with Gasteiger partial charge in [0, 0.05) is 32.0 Å². The first kappa shape index (κ1) is 30.6. The summed E-state index contributed by atoms with van der Waals surface area (Å²) in [7, 11) is -4.09. The van der Waals surface area contributed by atoms with E-state index in [2.05, 4.69) is 5.32 Å². The highest BCUT2D eigenvalue weighted by atomic mass is 35.5. The van der Waals surface area contributed by atoms with E-state index < -0.39 is 27.9 Å². The molecule has 1 aliphatic heterocycles. The van der Waals surface area contributed by atoms with Crippen molar-refractivity contribution in [2.45, 2.75) is 56.6 Å². The van der Waals surface area contributed by atoms with Crippen molar-refractivity contribution in [1.82, 2.24) is 14.5 Å². The van der Waals surface area contributed by atoms with E-state index in [0.29, 0.717) is 22.0 Å². The molecule has 3 aromatic rings. The first-order valence-corrected chi connectivity index (χ1v) is 15.5. The maximum absolute atomic E-state index is 13.9. The number of benzene rings is 3. The minimum Gasteiger partial charge on any atom is -0.352 e. The van der Waals surface area contributed by atoms with Gasteiger partial charge in [0.2, 0.25) is 11.8 Å². The van der Waals surface area contributed by atoms with Crippen LogP contribution in [0.15, 0.2) is 77.7 Å². The molecule has 0 unspecified atom stereocenters. The fourth-order valence-electron chi connectivity index (χ4n) is 4.62. The monoisotopic (exact) mass is 615 g/mol. The normalized spacial score (nSPS) is 15.2. The van der Waals surface area contributed by atoms with Crippen LogP contribution in [0.25, 0.3) is 0 Å². The molecule has 0 aromatic heterocycles. The standard InChI is InChI=1S/C30H31Cl2N3O5S/c1-3-20(2)33-29(37)26(18-21-9-5-4-6-10-21)34(19-22-13-14-24(31)25(32)17-22)28(36)15-16-35-30(38)23-11-7-8-12-27(23)41(35,39)40/h4-14,17,20,26H,3,15-16,18-19H2,1-2H3,(H,33,37)/t20-,26+/m0/s1. The maximum Gasteiger partial charge on any atom is 0.269 e. The fraction of sp³-hybridized carbons (Fsp3) is 0.300.